The number of halogens is 3. The van der Waals surface area contributed by atoms with Gasteiger partial charge >= 0.3 is 0 Å². The number of fused-ring (bicyclic) bond motifs is 1. The minimum absolute atomic E-state index is 0.496. The lowest BCUT2D eigenvalue weighted by atomic mass is 10.0. The van der Waals surface area contributed by atoms with Gasteiger partial charge in [-0.1, -0.05) is 40.9 Å². The standard InChI is InChI=1S/C16H11Cl3N2/c17-12-3-4-15-10(7-12)6-11(16(20)21-15)5-9-1-2-13(18)8-14(9)19/h1-4,6-8H,5H2,(H2,20,21). The van der Waals surface area contributed by atoms with E-state index in [0.29, 0.717) is 27.3 Å². The van der Waals surface area contributed by atoms with Gasteiger partial charge in [0.25, 0.3) is 0 Å². The third-order valence-electron chi connectivity index (χ3n) is 3.29. The van der Waals surface area contributed by atoms with E-state index in [1.807, 2.05) is 30.3 Å². The Morgan fingerprint density at radius 2 is 1.57 bits per heavy atom. The van der Waals surface area contributed by atoms with Gasteiger partial charge < -0.3 is 5.73 Å². The molecule has 3 aromatic rings. The summed E-state index contributed by atoms with van der Waals surface area (Å²) in [5.41, 5.74) is 8.73. The van der Waals surface area contributed by atoms with Crippen LogP contribution in [-0.2, 0) is 6.42 Å². The number of rotatable bonds is 2. The number of nitrogens with zero attached hydrogens (tertiary/aromatic N) is 1. The summed E-state index contributed by atoms with van der Waals surface area (Å²) in [5.74, 6) is 0.496. The van der Waals surface area contributed by atoms with Crippen LogP contribution in [0.25, 0.3) is 10.9 Å². The van der Waals surface area contributed by atoms with Crippen molar-refractivity contribution in [2.75, 3.05) is 5.73 Å². The number of hydrogen-bond donors (Lipinski definition) is 1. The molecular formula is C16H11Cl3N2. The summed E-state index contributed by atoms with van der Waals surface area (Å²) in [6.45, 7) is 0. The number of aromatic nitrogens is 1. The highest BCUT2D eigenvalue weighted by atomic mass is 35.5. The van der Waals surface area contributed by atoms with Crippen LogP contribution in [0.3, 0.4) is 0 Å². The summed E-state index contributed by atoms with van der Waals surface area (Å²) in [4.78, 5) is 4.41. The fourth-order valence-electron chi connectivity index (χ4n) is 2.22. The van der Waals surface area contributed by atoms with Crippen molar-refractivity contribution in [3.8, 4) is 0 Å². The van der Waals surface area contributed by atoms with Gasteiger partial charge in [-0.25, -0.2) is 4.98 Å². The van der Waals surface area contributed by atoms with Crippen LogP contribution in [-0.4, -0.2) is 4.98 Å². The molecule has 0 saturated heterocycles. The summed E-state index contributed by atoms with van der Waals surface area (Å²) in [6.07, 6.45) is 0.595. The van der Waals surface area contributed by atoms with Crippen LogP contribution < -0.4 is 5.73 Å². The van der Waals surface area contributed by atoms with Crippen molar-refractivity contribution in [1.29, 1.82) is 0 Å². The normalized spacial score (nSPS) is 11.0. The average Bonchev–Trinajstić information content (AvgIpc) is 2.43. The molecule has 0 aliphatic carbocycles. The van der Waals surface area contributed by atoms with Crippen molar-refractivity contribution in [1.82, 2.24) is 4.98 Å². The average molecular weight is 338 g/mol. The molecule has 0 atom stereocenters. The molecule has 0 aliphatic rings. The molecule has 5 heteroatoms. The van der Waals surface area contributed by atoms with Gasteiger partial charge in [0.05, 0.1) is 5.52 Å². The van der Waals surface area contributed by atoms with Crippen molar-refractivity contribution in [2.24, 2.45) is 0 Å². The Morgan fingerprint density at radius 3 is 2.33 bits per heavy atom. The van der Waals surface area contributed by atoms with Crippen LogP contribution in [0.15, 0.2) is 42.5 Å². The van der Waals surface area contributed by atoms with E-state index in [9.17, 15) is 0 Å². The molecule has 106 valence electrons. The van der Waals surface area contributed by atoms with Crippen molar-refractivity contribution < 1.29 is 0 Å². The molecule has 0 spiro atoms. The zero-order chi connectivity index (χ0) is 15.0. The number of nitrogen functional groups attached to an aromatic ring is 1. The number of benzene rings is 2. The Morgan fingerprint density at radius 1 is 0.857 bits per heavy atom. The summed E-state index contributed by atoms with van der Waals surface area (Å²) in [5, 5.41) is 2.86. The summed E-state index contributed by atoms with van der Waals surface area (Å²) in [7, 11) is 0. The number of hydrogen-bond acceptors (Lipinski definition) is 2. The van der Waals surface area contributed by atoms with Crippen LogP contribution in [0.2, 0.25) is 15.1 Å². The Kier molecular flexibility index (Phi) is 3.94. The quantitative estimate of drug-likeness (QED) is 0.683. The molecule has 3 rings (SSSR count). The molecule has 1 heterocycles. The first-order valence-electron chi connectivity index (χ1n) is 6.31. The minimum atomic E-state index is 0.496. The summed E-state index contributed by atoms with van der Waals surface area (Å²) >= 11 is 18.1. The second-order valence-corrected chi connectivity index (χ2v) is 6.06. The minimum Gasteiger partial charge on any atom is -0.383 e. The van der Waals surface area contributed by atoms with Gasteiger partial charge in [0.15, 0.2) is 0 Å². The van der Waals surface area contributed by atoms with E-state index in [1.165, 1.54) is 0 Å². The third kappa shape index (κ3) is 3.08. The lowest BCUT2D eigenvalue weighted by Crippen LogP contribution is -2.00. The predicted molar refractivity (Wildman–Crippen MR) is 90.4 cm³/mol. The van der Waals surface area contributed by atoms with Crippen LogP contribution in [0, 0.1) is 0 Å². The molecular weight excluding hydrogens is 327 g/mol. The van der Waals surface area contributed by atoms with Gasteiger partial charge in [0.2, 0.25) is 0 Å². The summed E-state index contributed by atoms with van der Waals surface area (Å²) in [6, 6.07) is 12.9. The van der Waals surface area contributed by atoms with Crippen molar-refractivity contribution in [3.05, 3.63) is 68.7 Å². The fourth-order valence-corrected chi connectivity index (χ4v) is 2.87. The molecule has 0 saturated carbocycles. The zero-order valence-electron chi connectivity index (χ0n) is 10.9. The maximum Gasteiger partial charge on any atom is 0.127 e. The highest BCUT2D eigenvalue weighted by Crippen LogP contribution is 2.27. The van der Waals surface area contributed by atoms with E-state index in [4.69, 9.17) is 40.5 Å². The molecule has 1 aromatic heterocycles. The molecule has 21 heavy (non-hydrogen) atoms. The van der Waals surface area contributed by atoms with Gasteiger partial charge in [-0.15, -0.1) is 0 Å². The number of pyridine rings is 1. The Labute approximate surface area is 137 Å². The van der Waals surface area contributed by atoms with Crippen LogP contribution >= 0.6 is 34.8 Å². The van der Waals surface area contributed by atoms with Gasteiger partial charge in [-0.3, -0.25) is 0 Å². The SMILES string of the molecule is Nc1nc2ccc(Cl)cc2cc1Cc1ccc(Cl)cc1Cl. The highest BCUT2D eigenvalue weighted by Gasteiger charge is 2.08. The Balaban J connectivity index is 2.05. The molecule has 0 unspecified atom stereocenters. The topological polar surface area (TPSA) is 38.9 Å². The van der Waals surface area contributed by atoms with Gasteiger partial charge in [-0.05, 0) is 47.5 Å². The molecule has 2 N–H and O–H groups in total. The first kappa shape index (κ1) is 14.5. The molecule has 2 aromatic carbocycles. The lowest BCUT2D eigenvalue weighted by Gasteiger charge is -2.09. The smallest absolute Gasteiger partial charge is 0.127 e. The zero-order valence-corrected chi connectivity index (χ0v) is 13.2. The second-order valence-electron chi connectivity index (χ2n) is 4.78. The van der Waals surface area contributed by atoms with E-state index in [2.05, 4.69) is 4.98 Å². The molecule has 0 bridgehead atoms. The van der Waals surface area contributed by atoms with E-state index < -0.39 is 0 Å². The largest absolute Gasteiger partial charge is 0.383 e. The van der Waals surface area contributed by atoms with E-state index in [0.717, 1.165) is 22.0 Å². The van der Waals surface area contributed by atoms with Crippen molar-refractivity contribution >= 4 is 51.5 Å². The van der Waals surface area contributed by atoms with Gasteiger partial charge in [0.1, 0.15) is 5.82 Å². The molecule has 0 radical (unpaired) electrons. The van der Waals surface area contributed by atoms with Crippen LogP contribution in [0.4, 0.5) is 5.82 Å². The first-order chi connectivity index (χ1) is 10.0. The maximum absolute atomic E-state index is 6.21. The number of nitrogens with two attached hydrogens (primary N) is 1. The van der Waals surface area contributed by atoms with Gasteiger partial charge in [-0.2, -0.15) is 0 Å². The Bertz CT molecular complexity index is 831. The Hall–Kier alpha value is -1.48. The first-order valence-corrected chi connectivity index (χ1v) is 7.45. The van der Waals surface area contributed by atoms with Gasteiger partial charge in [0, 0.05) is 26.9 Å². The molecule has 0 amide bonds. The number of anilines is 1. The summed E-state index contributed by atoms with van der Waals surface area (Å²) < 4.78 is 0. The van der Waals surface area contributed by atoms with Crippen molar-refractivity contribution in [3.63, 3.8) is 0 Å². The molecule has 0 aliphatic heterocycles. The predicted octanol–water partition coefficient (Wildman–Crippen LogP) is 5.37. The van der Waals surface area contributed by atoms with E-state index in [-0.39, 0.29) is 0 Å². The third-order valence-corrected chi connectivity index (χ3v) is 4.11. The molecule has 0 fully saturated rings. The monoisotopic (exact) mass is 336 g/mol. The van der Waals surface area contributed by atoms with Crippen molar-refractivity contribution in [2.45, 2.75) is 6.42 Å². The van der Waals surface area contributed by atoms with E-state index in [1.54, 1.807) is 12.1 Å². The maximum atomic E-state index is 6.21. The second kappa shape index (κ2) is 5.72. The lowest BCUT2D eigenvalue weighted by molar-refractivity contribution is 1.17. The molecule has 2 nitrogen and oxygen atoms in total. The highest BCUT2D eigenvalue weighted by molar-refractivity contribution is 6.35. The van der Waals surface area contributed by atoms with Crippen LogP contribution in [0.1, 0.15) is 11.1 Å². The van der Waals surface area contributed by atoms with Crippen LogP contribution in [0.5, 0.6) is 0 Å². The van der Waals surface area contributed by atoms with E-state index >= 15 is 0 Å². The fraction of sp³-hybridized carbons (Fsp3) is 0.0625.